The molecule has 0 radical (unpaired) electrons. The van der Waals surface area contributed by atoms with Gasteiger partial charge in [-0.2, -0.15) is 0 Å². The highest BCUT2D eigenvalue weighted by Crippen LogP contribution is 2.23. The van der Waals surface area contributed by atoms with Crippen molar-refractivity contribution in [2.75, 3.05) is 6.54 Å². The van der Waals surface area contributed by atoms with Gasteiger partial charge in [-0.1, -0.05) is 12.1 Å². The molecule has 2 aromatic rings. The summed E-state index contributed by atoms with van der Waals surface area (Å²) in [6.45, 7) is 3.62. The van der Waals surface area contributed by atoms with Gasteiger partial charge in [0.1, 0.15) is 11.6 Å². The third kappa shape index (κ3) is 3.31. The lowest BCUT2D eigenvalue weighted by atomic mass is 10.1. The topological polar surface area (TPSA) is 83.6 Å². The van der Waals surface area contributed by atoms with Crippen molar-refractivity contribution in [3.8, 4) is 0 Å². The average Bonchev–Trinajstić information content (AvgIpc) is 3.15. The van der Waals surface area contributed by atoms with Crippen LogP contribution in [0.4, 0.5) is 4.39 Å². The van der Waals surface area contributed by atoms with Crippen LogP contribution in [0.25, 0.3) is 0 Å². The molecule has 0 saturated carbocycles. The van der Waals surface area contributed by atoms with Crippen molar-refractivity contribution in [3.05, 3.63) is 64.8 Å². The molecule has 2 heterocycles. The van der Waals surface area contributed by atoms with E-state index in [1.807, 2.05) is 0 Å². The van der Waals surface area contributed by atoms with E-state index in [2.05, 4.69) is 4.98 Å². The average molecular weight is 344 g/mol. The summed E-state index contributed by atoms with van der Waals surface area (Å²) in [5, 5.41) is 9.94. The first-order valence-electron chi connectivity index (χ1n) is 7.83. The molecule has 1 aromatic heterocycles. The predicted octanol–water partition coefficient (Wildman–Crippen LogP) is 2.65. The summed E-state index contributed by atoms with van der Waals surface area (Å²) in [5.74, 6) is -1.83. The van der Waals surface area contributed by atoms with Crippen molar-refractivity contribution in [3.63, 3.8) is 0 Å². The summed E-state index contributed by atoms with van der Waals surface area (Å²) >= 11 is 0. The van der Waals surface area contributed by atoms with Gasteiger partial charge in [0.05, 0.1) is 18.3 Å². The molecule has 0 atom stereocenters. The fraction of sp³-hybridized carbons (Fsp3) is 0.278. The van der Waals surface area contributed by atoms with Gasteiger partial charge in [-0.05, 0) is 31.5 Å². The number of carbonyl (C=O) groups excluding carboxylic acids is 2. The molecule has 1 aliphatic heterocycles. The number of aliphatic hydroxyl groups is 1. The standard InChI is InChI=1S/C18H17FN2O4/c1-10(2)21-9-14(16(23)18(21)24)15(22)17-20-8-13(25-17)7-11-3-5-12(19)6-4-11/h3-6,8,10,23H,7,9H2,1-2H3. The molecule has 0 unspecified atom stereocenters. The maximum absolute atomic E-state index is 12.9. The van der Waals surface area contributed by atoms with Crippen molar-refractivity contribution in [2.24, 2.45) is 0 Å². The van der Waals surface area contributed by atoms with Gasteiger partial charge in [-0.3, -0.25) is 9.59 Å². The Bertz CT molecular complexity index is 852. The number of amides is 1. The number of rotatable bonds is 5. The lowest BCUT2D eigenvalue weighted by Gasteiger charge is -2.20. The Morgan fingerprint density at radius 3 is 2.64 bits per heavy atom. The first-order valence-corrected chi connectivity index (χ1v) is 7.83. The molecule has 1 aliphatic rings. The number of hydrogen-bond acceptors (Lipinski definition) is 5. The van der Waals surface area contributed by atoms with Crippen LogP contribution in [0.5, 0.6) is 0 Å². The van der Waals surface area contributed by atoms with E-state index in [0.29, 0.717) is 12.2 Å². The Balaban J connectivity index is 1.77. The number of halogens is 1. The second-order valence-corrected chi connectivity index (χ2v) is 6.12. The molecule has 0 fully saturated rings. The zero-order valence-corrected chi connectivity index (χ0v) is 13.8. The summed E-state index contributed by atoms with van der Waals surface area (Å²) < 4.78 is 18.4. The lowest BCUT2D eigenvalue weighted by Crippen LogP contribution is -2.34. The number of nitrogens with zero attached hydrogens (tertiary/aromatic N) is 2. The summed E-state index contributed by atoms with van der Waals surface area (Å²) in [6, 6.07) is 5.77. The normalized spacial score (nSPS) is 14.7. The Labute approximate surface area is 143 Å². The molecule has 1 N–H and O–H groups in total. The molecule has 0 aliphatic carbocycles. The first-order chi connectivity index (χ1) is 11.9. The van der Waals surface area contributed by atoms with Crippen LogP contribution in [0.2, 0.25) is 0 Å². The fourth-order valence-corrected chi connectivity index (χ4v) is 2.61. The van der Waals surface area contributed by atoms with Crippen LogP contribution in [-0.2, 0) is 11.2 Å². The van der Waals surface area contributed by atoms with E-state index in [0.717, 1.165) is 5.56 Å². The minimum absolute atomic E-state index is 0.0196. The molecule has 6 nitrogen and oxygen atoms in total. The third-order valence-electron chi connectivity index (χ3n) is 4.01. The van der Waals surface area contributed by atoms with Crippen molar-refractivity contribution >= 4 is 11.7 Å². The van der Waals surface area contributed by atoms with Gasteiger partial charge in [-0.15, -0.1) is 0 Å². The molecule has 130 valence electrons. The van der Waals surface area contributed by atoms with Crippen molar-refractivity contribution in [1.82, 2.24) is 9.88 Å². The van der Waals surface area contributed by atoms with Gasteiger partial charge in [0.2, 0.25) is 5.78 Å². The van der Waals surface area contributed by atoms with Crippen LogP contribution >= 0.6 is 0 Å². The van der Waals surface area contributed by atoms with E-state index >= 15 is 0 Å². The molecular weight excluding hydrogens is 327 g/mol. The summed E-state index contributed by atoms with van der Waals surface area (Å²) in [6.07, 6.45) is 1.76. The van der Waals surface area contributed by atoms with Gasteiger partial charge in [0.15, 0.2) is 5.76 Å². The van der Waals surface area contributed by atoms with E-state index in [9.17, 15) is 19.1 Å². The van der Waals surface area contributed by atoms with E-state index < -0.39 is 17.4 Å². The number of Topliss-reactive ketones (excluding diaryl/α,β-unsaturated/α-hetero) is 1. The van der Waals surface area contributed by atoms with Gasteiger partial charge >= 0.3 is 0 Å². The largest absolute Gasteiger partial charge is 0.503 e. The second kappa shape index (κ2) is 6.51. The predicted molar refractivity (Wildman–Crippen MR) is 86.5 cm³/mol. The van der Waals surface area contributed by atoms with Gasteiger partial charge in [0.25, 0.3) is 11.8 Å². The van der Waals surface area contributed by atoms with E-state index in [1.165, 1.54) is 23.2 Å². The number of carbonyl (C=O) groups is 2. The summed E-state index contributed by atoms with van der Waals surface area (Å²) in [5.41, 5.74) is 0.787. The molecule has 1 amide bonds. The Hall–Kier alpha value is -2.96. The van der Waals surface area contributed by atoms with Gasteiger partial charge < -0.3 is 14.4 Å². The third-order valence-corrected chi connectivity index (χ3v) is 4.01. The molecule has 0 bridgehead atoms. The van der Waals surface area contributed by atoms with Crippen LogP contribution < -0.4 is 0 Å². The van der Waals surface area contributed by atoms with Crippen LogP contribution in [0.15, 0.2) is 46.2 Å². The highest BCUT2D eigenvalue weighted by molar-refractivity contribution is 6.13. The van der Waals surface area contributed by atoms with Gasteiger partial charge in [0, 0.05) is 12.5 Å². The number of benzene rings is 1. The SMILES string of the molecule is CC(C)N1CC(C(=O)c2ncc(Cc3ccc(F)cc3)o2)=C(O)C1=O. The highest BCUT2D eigenvalue weighted by Gasteiger charge is 2.37. The second-order valence-electron chi connectivity index (χ2n) is 6.12. The number of ketones is 1. The maximum atomic E-state index is 12.9. The zero-order chi connectivity index (χ0) is 18.1. The van der Waals surface area contributed by atoms with E-state index in [4.69, 9.17) is 4.42 Å². The number of oxazole rings is 1. The number of aliphatic hydroxyl groups excluding tert-OH is 1. The molecule has 7 heteroatoms. The molecule has 0 saturated heterocycles. The van der Waals surface area contributed by atoms with Crippen molar-refractivity contribution in [2.45, 2.75) is 26.3 Å². The molecule has 1 aromatic carbocycles. The maximum Gasteiger partial charge on any atom is 0.289 e. The fourth-order valence-electron chi connectivity index (χ4n) is 2.61. The molecule has 0 spiro atoms. The Kier molecular flexibility index (Phi) is 4.39. The number of aromatic nitrogens is 1. The highest BCUT2D eigenvalue weighted by atomic mass is 19.1. The van der Waals surface area contributed by atoms with E-state index in [1.54, 1.807) is 26.0 Å². The van der Waals surface area contributed by atoms with Crippen LogP contribution in [0.1, 0.15) is 35.9 Å². The number of hydrogen-bond donors (Lipinski definition) is 1. The minimum atomic E-state index is -0.612. The summed E-state index contributed by atoms with van der Waals surface area (Å²) in [7, 11) is 0. The van der Waals surface area contributed by atoms with Crippen LogP contribution in [0.3, 0.4) is 0 Å². The Morgan fingerprint density at radius 1 is 1.36 bits per heavy atom. The summed E-state index contributed by atoms with van der Waals surface area (Å²) in [4.78, 5) is 29.8. The minimum Gasteiger partial charge on any atom is -0.503 e. The zero-order valence-electron chi connectivity index (χ0n) is 13.8. The Morgan fingerprint density at radius 2 is 2.04 bits per heavy atom. The first kappa shape index (κ1) is 16.9. The lowest BCUT2D eigenvalue weighted by molar-refractivity contribution is -0.129. The smallest absolute Gasteiger partial charge is 0.289 e. The van der Waals surface area contributed by atoms with Crippen molar-refractivity contribution in [1.29, 1.82) is 0 Å². The van der Waals surface area contributed by atoms with E-state index in [-0.39, 0.29) is 29.9 Å². The molecular formula is C18H17FN2O4. The quantitative estimate of drug-likeness (QED) is 0.843. The van der Waals surface area contributed by atoms with Crippen LogP contribution in [0, 0.1) is 5.82 Å². The molecule has 25 heavy (non-hydrogen) atoms. The molecule has 3 rings (SSSR count). The van der Waals surface area contributed by atoms with Crippen molar-refractivity contribution < 1.29 is 23.5 Å². The van der Waals surface area contributed by atoms with Crippen LogP contribution in [-0.4, -0.2) is 39.3 Å². The van der Waals surface area contributed by atoms with Gasteiger partial charge in [-0.25, -0.2) is 9.37 Å². The monoisotopic (exact) mass is 344 g/mol.